The van der Waals surface area contributed by atoms with Crippen molar-refractivity contribution in [3.8, 4) is 5.75 Å². The molecule has 2 aromatic carbocycles. The number of carbonyl (C=O) groups is 2. The monoisotopic (exact) mass is 483 g/mol. The van der Waals surface area contributed by atoms with Gasteiger partial charge in [0.2, 0.25) is 0 Å². The molecule has 2 heterocycles. The Morgan fingerprint density at radius 3 is 2.59 bits per heavy atom. The van der Waals surface area contributed by atoms with Crippen molar-refractivity contribution in [2.75, 3.05) is 13.2 Å². The fourth-order valence-corrected chi connectivity index (χ4v) is 4.26. The van der Waals surface area contributed by atoms with Gasteiger partial charge in [0.25, 0.3) is 11.7 Å². The molecule has 34 heavy (non-hydrogen) atoms. The minimum Gasteiger partial charge on any atom is -0.507 e. The molecule has 1 aliphatic heterocycles. The van der Waals surface area contributed by atoms with E-state index in [1.165, 1.54) is 35.2 Å². The number of ketones is 1. The highest BCUT2D eigenvalue weighted by atomic mass is 35.5. The van der Waals surface area contributed by atoms with Gasteiger partial charge >= 0.3 is 0 Å². The molecule has 0 bridgehead atoms. The van der Waals surface area contributed by atoms with Crippen molar-refractivity contribution in [1.29, 1.82) is 0 Å². The predicted molar refractivity (Wildman–Crippen MR) is 125 cm³/mol. The summed E-state index contributed by atoms with van der Waals surface area (Å²) in [6.45, 7) is 3.08. The van der Waals surface area contributed by atoms with Crippen LogP contribution in [0.2, 0.25) is 5.02 Å². The average Bonchev–Trinajstić information content (AvgIpc) is 3.43. The molecule has 4 rings (SSSR count). The van der Waals surface area contributed by atoms with E-state index >= 15 is 0 Å². The van der Waals surface area contributed by atoms with Crippen molar-refractivity contribution in [3.05, 3.63) is 88.7 Å². The number of benzene rings is 2. The van der Waals surface area contributed by atoms with Crippen LogP contribution in [0, 0.1) is 5.82 Å². The number of amides is 1. The largest absolute Gasteiger partial charge is 0.507 e. The summed E-state index contributed by atoms with van der Waals surface area (Å²) in [6, 6.07) is 9.31. The van der Waals surface area contributed by atoms with Gasteiger partial charge < -0.3 is 19.3 Å². The van der Waals surface area contributed by atoms with E-state index in [2.05, 4.69) is 4.98 Å². The minimum absolute atomic E-state index is 0.0699. The lowest BCUT2D eigenvalue weighted by atomic mass is 9.95. The number of likely N-dealkylation sites (tertiary alicyclic amines) is 1. The first-order valence-electron chi connectivity index (χ1n) is 10.8. The van der Waals surface area contributed by atoms with E-state index < -0.39 is 23.5 Å². The molecule has 1 amide bonds. The number of aryl methyl sites for hydroxylation is 1. The third kappa shape index (κ3) is 4.68. The molecule has 0 unspecified atom stereocenters. The van der Waals surface area contributed by atoms with E-state index in [0.29, 0.717) is 30.9 Å². The number of halogens is 2. The van der Waals surface area contributed by atoms with Crippen molar-refractivity contribution < 1.29 is 23.8 Å². The second kappa shape index (κ2) is 10.1. The zero-order valence-electron chi connectivity index (χ0n) is 18.4. The van der Waals surface area contributed by atoms with Gasteiger partial charge in [0.15, 0.2) is 0 Å². The number of imidazole rings is 1. The number of carbonyl (C=O) groups excluding carboxylic acids is 2. The summed E-state index contributed by atoms with van der Waals surface area (Å²) in [5.74, 6) is -1.89. The van der Waals surface area contributed by atoms with Gasteiger partial charge in [-0.2, -0.15) is 0 Å². The second-order valence-electron chi connectivity index (χ2n) is 7.78. The summed E-state index contributed by atoms with van der Waals surface area (Å²) in [7, 11) is 0. The highest BCUT2D eigenvalue weighted by molar-refractivity contribution is 6.46. The van der Waals surface area contributed by atoms with E-state index in [9.17, 15) is 19.1 Å². The number of nitrogens with zero attached hydrogens (tertiary/aromatic N) is 3. The summed E-state index contributed by atoms with van der Waals surface area (Å²) in [5.41, 5.74) is 0.721. The molecule has 1 fully saturated rings. The first-order valence-corrected chi connectivity index (χ1v) is 11.2. The van der Waals surface area contributed by atoms with Crippen LogP contribution in [0.25, 0.3) is 5.76 Å². The average molecular weight is 484 g/mol. The molecule has 9 heteroatoms. The van der Waals surface area contributed by atoms with E-state index in [-0.39, 0.29) is 28.5 Å². The maximum absolute atomic E-state index is 13.6. The first-order chi connectivity index (χ1) is 16.4. The van der Waals surface area contributed by atoms with E-state index in [4.69, 9.17) is 16.3 Å². The molecular weight excluding hydrogens is 461 g/mol. The van der Waals surface area contributed by atoms with Gasteiger partial charge in [-0.3, -0.25) is 9.59 Å². The van der Waals surface area contributed by atoms with Gasteiger partial charge in [-0.05, 0) is 49.2 Å². The number of ether oxygens (including phenoxy) is 1. The summed E-state index contributed by atoms with van der Waals surface area (Å²) in [6.07, 6.45) is 5.69. The Labute approximate surface area is 201 Å². The molecule has 1 aliphatic rings. The zero-order chi connectivity index (χ0) is 24.2. The van der Waals surface area contributed by atoms with E-state index in [1.807, 2.05) is 11.5 Å². The Balaban J connectivity index is 1.73. The molecule has 176 valence electrons. The summed E-state index contributed by atoms with van der Waals surface area (Å²) in [5, 5.41) is 11.4. The van der Waals surface area contributed by atoms with Crippen molar-refractivity contribution in [3.63, 3.8) is 0 Å². The van der Waals surface area contributed by atoms with Gasteiger partial charge in [-0.1, -0.05) is 23.7 Å². The molecule has 0 radical (unpaired) electrons. The number of rotatable bonds is 8. The van der Waals surface area contributed by atoms with Crippen LogP contribution in [-0.4, -0.2) is 44.4 Å². The van der Waals surface area contributed by atoms with Gasteiger partial charge in [0.1, 0.15) is 17.3 Å². The van der Waals surface area contributed by atoms with Gasteiger partial charge in [0, 0.05) is 31.0 Å². The van der Waals surface area contributed by atoms with Crippen LogP contribution in [0.3, 0.4) is 0 Å². The van der Waals surface area contributed by atoms with Crippen LogP contribution in [0.15, 0.2) is 66.8 Å². The number of Topliss-reactive ketones (excluding diaryl/α,β-unsaturated/α-hetero) is 1. The minimum atomic E-state index is -0.867. The van der Waals surface area contributed by atoms with Gasteiger partial charge in [-0.15, -0.1) is 0 Å². The Bertz CT molecular complexity index is 1230. The quantitative estimate of drug-likeness (QED) is 0.288. The lowest BCUT2D eigenvalue weighted by molar-refractivity contribution is -0.139. The Kier molecular flexibility index (Phi) is 6.98. The lowest BCUT2D eigenvalue weighted by Crippen LogP contribution is -2.31. The number of aliphatic hydroxyl groups is 1. The van der Waals surface area contributed by atoms with Crippen molar-refractivity contribution in [1.82, 2.24) is 14.5 Å². The van der Waals surface area contributed by atoms with Crippen LogP contribution in [0.5, 0.6) is 5.75 Å². The lowest BCUT2D eigenvalue weighted by Gasteiger charge is -2.25. The van der Waals surface area contributed by atoms with Crippen LogP contribution in [0.4, 0.5) is 4.39 Å². The molecule has 1 saturated heterocycles. The number of aromatic nitrogens is 2. The summed E-state index contributed by atoms with van der Waals surface area (Å²) >= 11 is 6.27. The zero-order valence-corrected chi connectivity index (χ0v) is 19.2. The molecule has 0 aliphatic carbocycles. The Hall–Kier alpha value is -3.65. The molecule has 0 spiro atoms. The third-order valence-corrected chi connectivity index (χ3v) is 5.90. The fraction of sp³-hybridized carbons (Fsp3) is 0.240. The Morgan fingerprint density at radius 2 is 1.94 bits per heavy atom. The van der Waals surface area contributed by atoms with Crippen molar-refractivity contribution in [2.24, 2.45) is 0 Å². The third-order valence-electron chi connectivity index (χ3n) is 5.61. The standard InChI is InChI=1S/C25H23ClFN3O4/c1-2-34-20-9-6-17(14-19(20)26)23(31)21-22(16-4-7-18(27)8-5-16)30(25(33)24(21)32)12-3-11-29-13-10-28-15-29/h4-10,13-15,22,31H,2-3,11-12H2,1H3/b23-21+/t22-/m1/s1. The van der Waals surface area contributed by atoms with E-state index in [0.717, 1.165) is 0 Å². The first kappa shape index (κ1) is 23.5. The Morgan fingerprint density at radius 1 is 1.18 bits per heavy atom. The number of aliphatic hydroxyl groups excluding tert-OH is 1. The highest BCUT2D eigenvalue weighted by Crippen LogP contribution is 2.40. The van der Waals surface area contributed by atoms with E-state index in [1.54, 1.807) is 30.9 Å². The van der Waals surface area contributed by atoms with Crippen molar-refractivity contribution >= 4 is 29.1 Å². The molecule has 1 atom stereocenters. The molecule has 0 saturated carbocycles. The predicted octanol–water partition coefficient (Wildman–Crippen LogP) is 4.59. The topological polar surface area (TPSA) is 84.7 Å². The molecule has 1 aromatic heterocycles. The van der Waals surface area contributed by atoms with Crippen LogP contribution in [-0.2, 0) is 16.1 Å². The summed E-state index contributed by atoms with van der Waals surface area (Å²) < 4.78 is 20.9. The maximum Gasteiger partial charge on any atom is 0.295 e. The SMILES string of the molecule is CCOc1ccc(/C(O)=C2\C(=O)C(=O)N(CCCn3ccnc3)[C@@H]2c2ccc(F)cc2)cc1Cl. The molecular formula is C25H23ClFN3O4. The van der Waals surface area contributed by atoms with Crippen molar-refractivity contribution in [2.45, 2.75) is 25.9 Å². The van der Waals surface area contributed by atoms with Crippen LogP contribution in [0.1, 0.15) is 30.5 Å². The molecule has 3 aromatic rings. The number of hydrogen-bond acceptors (Lipinski definition) is 5. The smallest absolute Gasteiger partial charge is 0.295 e. The maximum atomic E-state index is 13.6. The van der Waals surface area contributed by atoms with Crippen LogP contribution >= 0.6 is 11.6 Å². The highest BCUT2D eigenvalue weighted by Gasteiger charge is 2.45. The molecule has 7 nitrogen and oxygen atoms in total. The fourth-order valence-electron chi connectivity index (χ4n) is 4.02. The van der Waals surface area contributed by atoms with Gasteiger partial charge in [-0.25, -0.2) is 9.37 Å². The van der Waals surface area contributed by atoms with Crippen LogP contribution < -0.4 is 4.74 Å². The second-order valence-corrected chi connectivity index (χ2v) is 8.18. The van der Waals surface area contributed by atoms with Gasteiger partial charge in [0.05, 0.1) is 29.6 Å². The molecule has 1 N–H and O–H groups in total. The number of hydrogen-bond donors (Lipinski definition) is 1. The summed E-state index contributed by atoms with van der Waals surface area (Å²) in [4.78, 5) is 31.5. The normalized spacial score (nSPS) is 17.4.